The SMILES string of the molecule is C=C(C)CSC(=N)N. The van der Waals surface area contributed by atoms with E-state index in [0.717, 1.165) is 11.3 Å². The highest BCUT2D eigenvalue weighted by Gasteiger charge is 1.88. The summed E-state index contributed by atoms with van der Waals surface area (Å²) in [7, 11) is 0. The van der Waals surface area contributed by atoms with E-state index in [4.69, 9.17) is 11.1 Å². The summed E-state index contributed by atoms with van der Waals surface area (Å²) in [6, 6.07) is 0. The molecular weight excluding hydrogens is 120 g/mol. The third-order valence-corrected chi connectivity index (χ3v) is 1.42. The lowest BCUT2D eigenvalue weighted by molar-refractivity contribution is 1.44. The van der Waals surface area contributed by atoms with E-state index in [1.54, 1.807) is 0 Å². The number of nitrogens with two attached hydrogens (primary N) is 1. The summed E-state index contributed by atoms with van der Waals surface area (Å²) >= 11 is 1.30. The van der Waals surface area contributed by atoms with Crippen molar-refractivity contribution in [3.05, 3.63) is 12.2 Å². The van der Waals surface area contributed by atoms with Crippen LogP contribution in [-0.2, 0) is 0 Å². The van der Waals surface area contributed by atoms with Crippen molar-refractivity contribution in [1.29, 1.82) is 5.41 Å². The highest BCUT2D eigenvalue weighted by Crippen LogP contribution is 2.02. The quantitative estimate of drug-likeness (QED) is 0.335. The topological polar surface area (TPSA) is 49.9 Å². The molecule has 0 aromatic rings. The zero-order chi connectivity index (χ0) is 6.57. The minimum absolute atomic E-state index is 0.160. The molecule has 0 aromatic heterocycles. The van der Waals surface area contributed by atoms with E-state index in [1.807, 2.05) is 6.92 Å². The Morgan fingerprint density at radius 1 is 1.88 bits per heavy atom. The first-order chi connectivity index (χ1) is 3.63. The second-order valence-electron chi connectivity index (χ2n) is 1.61. The molecule has 0 unspecified atom stereocenters. The van der Waals surface area contributed by atoms with Crippen molar-refractivity contribution in [1.82, 2.24) is 0 Å². The number of hydrogen-bond donors (Lipinski definition) is 2. The van der Waals surface area contributed by atoms with Crippen molar-refractivity contribution >= 4 is 16.9 Å². The Hall–Kier alpha value is -0.440. The summed E-state index contributed by atoms with van der Waals surface area (Å²) in [6.07, 6.45) is 0. The van der Waals surface area contributed by atoms with Gasteiger partial charge in [-0.05, 0) is 6.92 Å². The summed E-state index contributed by atoms with van der Waals surface area (Å²) in [4.78, 5) is 0. The van der Waals surface area contributed by atoms with Crippen LogP contribution in [-0.4, -0.2) is 10.9 Å². The lowest BCUT2D eigenvalue weighted by atomic mass is 10.4. The molecule has 0 aliphatic rings. The van der Waals surface area contributed by atoms with E-state index in [2.05, 4.69) is 6.58 Å². The highest BCUT2D eigenvalue weighted by molar-refractivity contribution is 8.13. The van der Waals surface area contributed by atoms with Crippen molar-refractivity contribution in [3.8, 4) is 0 Å². The molecule has 0 saturated carbocycles. The zero-order valence-corrected chi connectivity index (χ0v) is 5.72. The first-order valence-electron chi connectivity index (χ1n) is 2.24. The molecule has 0 radical (unpaired) electrons. The molecule has 8 heavy (non-hydrogen) atoms. The van der Waals surface area contributed by atoms with Gasteiger partial charge in [-0.25, -0.2) is 0 Å². The Bertz CT molecular complexity index is 95.0. The van der Waals surface area contributed by atoms with Gasteiger partial charge in [0.2, 0.25) is 0 Å². The maximum Gasteiger partial charge on any atom is 0.151 e. The maximum atomic E-state index is 6.79. The molecule has 0 aliphatic heterocycles. The van der Waals surface area contributed by atoms with Gasteiger partial charge in [0.25, 0.3) is 0 Å². The van der Waals surface area contributed by atoms with Gasteiger partial charge in [0.15, 0.2) is 5.17 Å². The molecule has 0 fully saturated rings. The number of thioether (sulfide) groups is 1. The van der Waals surface area contributed by atoms with E-state index in [-0.39, 0.29) is 5.17 Å². The Labute approximate surface area is 53.7 Å². The number of amidine groups is 1. The predicted molar refractivity (Wildman–Crippen MR) is 39.2 cm³/mol. The smallest absolute Gasteiger partial charge is 0.151 e. The molecule has 3 heteroatoms. The molecule has 46 valence electrons. The van der Waals surface area contributed by atoms with Gasteiger partial charge in [-0.15, -0.1) is 0 Å². The second kappa shape index (κ2) is 3.55. The molecule has 0 amide bonds. The molecule has 0 aromatic carbocycles. The van der Waals surface area contributed by atoms with Crippen molar-refractivity contribution in [2.75, 3.05) is 5.75 Å². The fourth-order valence-electron chi connectivity index (χ4n) is 0.201. The van der Waals surface area contributed by atoms with Gasteiger partial charge in [0.1, 0.15) is 0 Å². The average Bonchev–Trinajstić information content (AvgIpc) is 1.61. The molecule has 0 atom stereocenters. The van der Waals surface area contributed by atoms with Crippen LogP contribution in [0.1, 0.15) is 6.92 Å². The lowest BCUT2D eigenvalue weighted by Crippen LogP contribution is -2.04. The number of rotatable bonds is 2. The molecule has 0 bridgehead atoms. The Kier molecular flexibility index (Phi) is 3.35. The Morgan fingerprint density at radius 3 is 2.50 bits per heavy atom. The van der Waals surface area contributed by atoms with Crippen LogP contribution in [0.2, 0.25) is 0 Å². The maximum absolute atomic E-state index is 6.79. The van der Waals surface area contributed by atoms with Crippen LogP contribution >= 0.6 is 11.8 Å². The summed E-state index contributed by atoms with van der Waals surface area (Å²) in [5.74, 6) is 0.759. The third kappa shape index (κ3) is 5.56. The first-order valence-corrected chi connectivity index (χ1v) is 3.22. The molecule has 2 nitrogen and oxygen atoms in total. The fourth-order valence-corrected chi connectivity index (χ4v) is 0.603. The average molecular weight is 130 g/mol. The molecule has 0 heterocycles. The normalized spacial score (nSPS) is 8.62. The molecule has 3 N–H and O–H groups in total. The van der Waals surface area contributed by atoms with Crippen molar-refractivity contribution in [2.24, 2.45) is 5.73 Å². The van der Waals surface area contributed by atoms with Gasteiger partial charge in [0, 0.05) is 5.75 Å². The van der Waals surface area contributed by atoms with Crippen LogP contribution in [0, 0.1) is 5.41 Å². The van der Waals surface area contributed by atoms with Crippen molar-refractivity contribution in [3.63, 3.8) is 0 Å². The van der Waals surface area contributed by atoms with Crippen molar-refractivity contribution < 1.29 is 0 Å². The third-order valence-electron chi connectivity index (χ3n) is 0.474. The Morgan fingerprint density at radius 2 is 2.38 bits per heavy atom. The Balaban J connectivity index is 3.18. The van der Waals surface area contributed by atoms with E-state index in [9.17, 15) is 0 Å². The van der Waals surface area contributed by atoms with Crippen LogP contribution in [0.4, 0.5) is 0 Å². The second-order valence-corrected chi connectivity index (χ2v) is 2.63. The largest absolute Gasteiger partial charge is 0.379 e. The van der Waals surface area contributed by atoms with E-state index >= 15 is 0 Å². The highest BCUT2D eigenvalue weighted by atomic mass is 32.2. The first kappa shape index (κ1) is 7.56. The van der Waals surface area contributed by atoms with Crippen LogP contribution in [0.5, 0.6) is 0 Å². The van der Waals surface area contributed by atoms with E-state index in [0.29, 0.717) is 0 Å². The summed E-state index contributed by atoms with van der Waals surface area (Å²) < 4.78 is 0. The van der Waals surface area contributed by atoms with Crippen molar-refractivity contribution in [2.45, 2.75) is 6.92 Å². The van der Waals surface area contributed by atoms with Crippen LogP contribution < -0.4 is 5.73 Å². The van der Waals surface area contributed by atoms with E-state index < -0.39 is 0 Å². The minimum Gasteiger partial charge on any atom is -0.379 e. The van der Waals surface area contributed by atoms with Gasteiger partial charge in [-0.1, -0.05) is 23.9 Å². The fraction of sp³-hybridized carbons (Fsp3) is 0.400. The molecular formula is C5H10N2S. The predicted octanol–water partition coefficient (Wildman–Crippen LogP) is 1.19. The van der Waals surface area contributed by atoms with Crippen LogP contribution in [0.25, 0.3) is 0 Å². The summed E-state index contributed by atoms with van der Waals surface area (Å²) in [5.41, 5.74) is 6.09. The standard InChI is InChI=1S/C5H10N2S/c1-4(2)3-8-5(6)7/h1,3H2,2H3,(H3,6,7). The number of hydrogen-bond acceptors (Lipinski definition) is 2. The zero-order valence-electron chi connectivity index (χ0n) is 4.90. The van der Waals surface area contributed by atoms with Crippen LogP contribution in [0.3, 0.4) is 0 Å². The van der Waals surface area contributed by atoms with Gasteiger partial charge < -0.3 is 5.73 Å². The van der Waals surface area contributed by atoms with Gasteiger partial charge >= 0.3 is 0 Å². The summed E-state index contributed by atoms with van der Waals surface area (Å²) in [6.45, 7) is 5.57. The monoisotopic (exact) mass is 130 g/mol. The van der Waals surface area contributed by atoms with Gasteiger partial charge in [0.05, 0.1) is 0 Å². The van der Waals surface area contributed by atoms with Gasteiger partial charge in [-0.3, -0.25) is 5.41 Å². The lowest BCUT2D eigenvalue weighted by Gasteiger charge is -1.94. The molecule has 0 rings (SSSR count). The summed E-state index contributed by atoms with van der Waals surface area (Å²) in [5, 5.41) is 6.95. The molecule has 0 saturated heterocycles. The van der Waals surface area contributed by atoms with Crippen LogP contribution in [0.15, 0.2) is 12.2 Å². The van der Waals surface area contributed by atoms with Gasteiger partial charge in [-0.2, -0.15) is 0 Å². The molecule has 0 spiro atoms. The minimum atomic E-state index is 0.160. The number of nitrogens with one attached hydrogen (secondary N) is 1. The van der Waals surface area contributed by atoms with E-state index in [1.165, 1.54) is 11.8 Å². The molecule has 0 aliphatic carbocycles.